The van der Waals surface area contributed by atoms with Crippen LogP contribution in [-0.2, 0) is 10.0 Å². The molecule has 2 aromatic carbocycles. The molecule has 138 valence electrons. The van der Waals surface area contributed by atoms with Gasteiger partial charge in [0.15, 0.2) is 0 Å². The highest BCUT2D eigenvalue weighted by Gasteiger charge is 2.21. The average Bonchev–Trinajstić information content (AvgIpc) is 2.95. The summed E-state index contributed by atoms with van der Waals surface area (Å²) in [5.41, 5.74) is 1.69. The summed E-state index contributed by atoms with van der Waals surface area (Å²) in [6, 6.07) is 14.1. The molecule has 3 aromatic rings. The smallest absolute Gasteiger partial charge is 0.296 e. The predicted octanol–water partition coefficient (Wildman–Crippen LogP) is 4.07. The molecule has 0 radical (unpaired) electrons. The van der Waals surface area contributed by atoms with Crippen LogP contribution in [0.4, 0.5) is 0 Å². The first-order valence-electron chi connectivity index (χ1n) is 8.56. The molecule has 0 saturated heterocycles. The van der Waals surface area contributed by atoms with E-state index in [1.807, 2.05) is 51.1 Å². The molecule has 26 heavy (non-hydrogen) atoms. The topological polar surface area (TPSA) is 68.2 Å². The number of nitrogens with zero attached hydrogens (tertiary/aromatic N) is 1. The first kappa shape index (κ1) is 18.8. The molecule has 0 saturated carbocycles. The van der Waals surface area contributed by atoms with Gasteiger partial charge in [0.25, 0.3) is 0 Å². The van der Waals surface area contributed by atoms with Crippen LogP contribution in [0.2, 0.25) is 0 Å². The van der Waals surface area contributed by atoms with Crippen LogP contribution in [0.3, 0.4) is 0 Å². The van der Waals surface area contributed by atoms with E-state index in [2.05, 4.69) is 4.72 Å². The Morgan fingerprint density at radius 2 is 1.81 bits per heavy atom. The van der Waals surface area contributed by atoms with Crippen molar-refractivity contribution < 1.29 is 8.42 Å². The maximum atomic E-state index is 12.9. The van der Waals surface area contributed by atoms with Crippen LogP contribution in [0, 0.1) is 0 Å². The van der Waals surface area contributed by atoms with Crippen LogP contribution in [0.1, 0.15) is 44.8 Å². The van der Waals surface area contributed by atoms with Crippen LogP contribution < -0.4 is 9.60 Å². The Morgan fingerprint density at radius 1 is 1.12 bits per heavy atom. The van der Waals surface area contributed by atoms with Gasteiger partial charge in [0.2, 0.25) is 10.0 Å². The van der Waals surface area contributed by atoms with Crippen LogP contribution >= 0.6 is 11.3 Å². The van der Waals surface area contributed by atoms with Crippen molar-refractivity contribution in [2.24, 2.45) is 0 Å². The van der Waals surface area contributed by atoms with Gasteiger partial charge in [0, 0.05) is 12.1 Å². The monoisotopic (exact) mass is 390 g/mol. The molecule has 0 amide bonds. The molecule has 1 atom stereocenters. The molecule has 1 heterocycles. The lowest BCUT2D eigenvalue weighted by Gasteiger charge is -2.17. The summed E-state index contributed by atoms with van der Waals surface area (Å²) < 4.78 is 30.8. The van der Waals surface area contributed by atoms with Gasteiger partial charge >= 0.3 is 4.87 Å². The van der Waals surface area contributed by atoms with E-state index in [9.17, 15) is 13.2 Å². The standard InChI is InChI=1S/C19H22N2O3S2/c1-4-16(14-8-6-5-7-9-14)20-26(23,24)15-10-11-17-18(12-15)25-19(22)21(17)13(2)3/h5-13,16,20H,4H2,1-3H3/t16-/m1/s1. The Balaban J connectivity index is 1.98. The molecule has 0 aliphatic heterocycles. The third-order valence-corrected chi connectivity index (χ3v) is 6.71. The van der Waals surface area contributed by atoms with Crippen molar-refractivity contribution in [2.75, 3.05) is 0 Å². The van der Waals surface area contributed by atoms with Gasteiger partial charge < -0.3 is 0 Å². The highest BCUT2D eigenvalue weighted by molar-refractivity contribution is 7.89. The van der Waals surface area contributed by atoms with E-state index in [0.717, 1.165) is 22.4 Å². The molecule has 0 aliphatic rings. The average molecular weight is 391 g/mol. The van der Waals surface area contributed by atoms with E-state index >= 15 is 0 Å². The van der Waals surface area contributed by atoms with Crippen molar-refractivity contribution in [1.82, 2.24) is 9.29 Å². The van der Waals surface area contributed by atoms with Crippen LogP contribution in [0.25, 0.3) is 10.2 Å². The lowest BCUT2D eigenvalue weighted by atomic mass is 10.1. The number of aromatic nitrogens is 1. The normalized spacial score (nSPS) is 13.4. The summed E-state index contributed by atoms with van der Waals surface area (Å²) in [4.78, 5) is 12.3. The first-order chi connectivity index (χ1) is 12.3. The largest absolute Gasteiger partial charge is 0.308 e. The van der Waals surface area contributed by atoms with Crippen LogP contribution in [0.15, 0.2) is 58.2 Å². The summed E-state index contributed by atoms with van der Waals surface area (Å²) in [5.74, 6) is 0. The van der Waals surface area contributed by atoms with E-state index in [1.165, 1.54) is 0 Å². The van der Waals surface area contributed by atoms with Gasteiger partial charge in [0.1, 0.15) is 0 Å². The minimum atomic E-state index is -3.69. The van der Waals surface area contributed by atoms with E-state index in [0.29, 0.717) is 11.1 Å². The molecule has 0 aliphatic carbocycles. The fourth-order valence-corrected chi connectivity index (χ4v) is 5.46. The number of fused-ring (bicyclic) bond motifs is 1. The van der Waals surface area contributed by atoms with Gasteiger partial charge in [-0.25, -0.2) is 13.1 Å². The molecule has 3 rings (SSSR count). The SMILES string of the molecule is CC[C@@H](NS(=O)(=O)c1ccc2c(c1)sc(=O)n2C(C)C)c1ccccc1. The second-order valence-corrected chi connectivity index (χ2v) is 9.16. The minimum Gasteiger partial charge on any atom is -0.296 e. The molecular weight excluding hydrogens is 368 g/mol. The lowest BCUT2D eigenvalue weighted by molar-refractivity contribution is 0.550. The summed E-state index contributed by atoms with van der Waals surface area (Å²) in [7, 11) is -3.69. The Labute approximate surface area is 157 Å². The Kier molecular flexibility index (Phi) is 5.32. The number of nitrogens with one attached hydrogen (secondary N) is 1. The van der Waals surface area contributed by atoms with Gasteiger partial charge in [-0.15, -0.1) is 0 Å². The van der Waals surface area contributed by atoms with E-state index in [4.69, 9.17) is 0 Å². The van der Waals surface area contributed by atoms with Crippen molar-refractivity contribution in [3.8, 4) is 0 Å². The van der Waals surface area contributed by atoms with Crippen LogP contribution in [0.5, 0.6) is 0 Å². The molecule has 0 fully saturated rings. The van der Waals surface area contributed by atoms with Gasteiger partial charge in [-0.3, -0.25) is 9.36 Å². The van der Waals surface area contributed by atoms with E-state index in [-0.39, 0.29) is 21.9 Å². The second kappa shape index (κ2) is 7.34. The van der Waals surface area contributed by atoms with Crippen molar-refractivity contribution in [3.63, 3.8) is 0 Å². The molecule has 1 aromatic heterocycles. The first-order valence-corrected chi connectivity index (χ1v) is 10.9. The number of thiazole rings is 1. The molecule has 0 spiro atoms. The molecule has 5 nitrogen and oxygen atoms in total. The van der Waals surface area contributed by atoms with Gasteiger partial charge in [-0.1, -0.05) is 48.6 Å². The molecule has 7 heteroatoms. The molecular formula is C19H22N2O3S2. The molecule has 0 unspecified atom stereocenters. The zero-order chi connectivity index (χ0) is 18.9. The van der Waals surface area contributed by atoms with Gasteiger partial charge in [0.05, 0.1) is 15.1 Å². The third kappa shape index (κ3) is 3.60. The molecule has 0 bridgehead atoms. The van der Waals surface area contributed by atoms with Crippen molar-refractivity contribution in [2.45, 2.75) is 44.2 Å². The third-order valence-electron chi connectivity index (χ3n) is 4.32. The zero-order valence-corrected chi connectivity index (χ0v) is 16.6. The van der Waals surface area contributed by atoms with Crippen molar-refractivity contribution >= 4 is 31.6 Å². The van der Waals surface area contributed by atoms with Gasteiger partial charge in [-0.2, -0.15) is 0 Å². The highest BCUT2D eigenvalue weighted by Crippen LogP contribution is 2.25. The Bertz CT molecular complexity index is 1070. The number of sulfonamides is 1. The minimum absolute atomic E-state index is 0.0272. The maximum Gasteiger partial charge on any atom is 0.308 e. The summed E-state index contributed by atoms with van der Waals surface area (Å²) in [6.45, 7) is 5.81. The molecule has 1 N–H and O–H groups in total. The number of benzene rings is 2. The fraction of sp³-hybridized carbons (Fsp3) is 0.316. The van der Waals surface area contributed by atoms with E-state index in [1.54, 1.807) is 22.8 Å². The predicted molar refractivity (Wildman–Crippen MR) is 106 cm³/mol. The number of rotatable bonds is 6. The second-order valence-electron chi connectivity index (χ2n) is 6.45. The Morgan fingerprint density at radius 3 is 2.42 bits per heavy atom. The van der Waals surface area contributed by atoms with Gasteiger partial charge in [-0.05, 0) is 44.0 Å². The van der Waals surface area contributed by atoms with Crippen molar-refractivity contribution in [3.05, 3.63) is 63.8 Å². The van der Waals surface area contributed by atoms with E-state index < -0.39 is 10.0 Å². The summed E-state index contributed by atoms with van der Waals surface area (Å²) >= 11 is 1.07. The summed E-state index contributed by atoms with van der Waals surface area (Å²) in [5, 5.41) is 0. The Hall–Kier alpha value is -1.96. The quantitative estimate of drug-likeness (QED) is 0.690. The zero-order valence-electron chi connectivity index (χ0n) is 15.0. The lowest BCUT2D eigenvalue weighted by Crippen LogP contribution is -2.28. The number of hydrogen-bond donors (Lipinski definition) is 1. The fourth-order valence-electron chi connectivity index (χ4n) is 3.00. The number of hydrogen-bond acceptors (Lipinski definition) is 4. The summed E-state index contributed by atoms with van der Waals surface area (Å²) in [6.07, 6.45) is 0.641. The van der Waals surface area contributed by atoms with Crippen molar-refractivity contribution in [1.29, 1.82) is 0 Å². The van der Waals surface area contributed by atoms with Crippen LogP contribution in [-0.4, -0.2) is 13.0 Å². The highest BCUT2D eigenvalue weighted by atomic mass is 32.2. The maximum absolute atomic E-state index is 12.9.